The second-order valence-corrected chi connectivity index (χ2v) is 14.2. The molecule has 4 aromatic rings. The van der Waals surface area contributed by atoms with Gasteiger partial charge in [0, 0.05) is 12.8 Å². The first-order valence-corrected chi connectivity index (χ1v) is 18.2. The summed E-state index contributed by atoms with van der Waals surface area (Å²) in [6.45, 7) is 1.37. The Balaban J connectivity index is 1.35. The maximum atomic E-state index is 13.9. The van der Waals surface area contributed by atoms with Crippen LogP contribution in [0, 0.1) is 0 Å². The van der Waals surface area contributed by atoms with Gasteiger partial charge in [0.05, 0.1) is 31.2 Å². The average Bonchev–Trinajstić information content (AvgIpc) is 3.41. The van der Waals surface area contributed by atoms with Gasteiger partial charge in [-0.15, -0.1) is 0 Å². The SMILES string of the molecule is C[C@@H](NC(=O)[C@H](Cc1ccc(O)cc1)NN1C(=O)c2c(Cl)c(Cl)c(Cl)c(Cl)c2C1=O)C(=O)N[C@@H](Cc1ccccc1)C(=O)N[C@@H](Cc1ccccc1)C(N)=O. The minimum absolute atomic E-state index is 0.0276. The molecule has 1 heterocycles. The number of amides is 6. The van der Waals surface area contributed by atoms with Crippen molar-refractivity contribution in [3.05, 3.63) is 133 Å². The minimum atomic E-state index is -1.39. The maximum Gasteiger partial charge on any atom is 0.277 e. The zero-order valence-corrected chi connectivity index (χ0v) is 32.0. The van der Waals surface area contributed by atoms with Crippen LogP contribution >= 0.6 is 46.4 Å². The molecular weight excluding hydrogens is 794 g/mol. The summed E-state index contributed by atoms with van der Waals surface area (Å²) in [5, 5.41) is 17.1. The van der Waals surface area contributed by atoms with E-state index in [9.17, 15) is 33.9 Å². The van der Waals surface area contributed by atoms with Gasteiger partial charge in [0.1, 0.15) is 29.9 Å². The number of carbonyl (C=O) groups is 6. The van der Waals surface area contributed by atoms with Crippen LogP contribution in [0.15, 0.2) is 84.9 Å². The quantitative estimate of drug-likeness (QED) is 0.0583. The fourth-order valence-corrected chi connectivity index (χ4v) is 6.78. The van der Waals surface area contributed by atoms with Crippen molar-refractivity contribution in [1.29, 1.82) is 0 Å². The van der Waals surface area contributed by atoms with Crippen LogP contribution in [-0.4, -0.2) is 69.7 Å². The monoisotopic (exact) mass is 826 g/mol. The number of primary amides is 1. The van der Waals surface area contributed by atoms with Crippen molar-refractivity contribution in [2.24, 2.45) is 5.73 Å². The number of phenols is 1. The van der Waals surface area contributed by atoms with Gasteiger partial charge in [-0.1, -0.05) is 119 Å². The number of phenolic OH excluding ortho intramolecular Hbond substituents is 1. The molecule has 0 aliphatic carbocycles. The topological polar surface area (TPSA) is 200 Å². The van der Waals surface area contributed by atoms with E-state index >= 15 is 0 Å². The van der Waals surface area contributed by atoms with Gasteiger partial charge in [-0.3, -0.25) is 28.8 Å². The number of hydrazine groups is 1. The van der Waals surface area contributed by atoms with E-state index in [1.807, 2.05) is 6.07 Å². The Bertz CT molecular complexity index is 2080. The highest BCUT2D eigenvalue weighted by atomic mass is 35.5. The second-order valence-electron chi connectivity index (χ2n) is 12.6. The van der Waals surface area contributed by atoms with Gasteiger partial charge in [0.2, 0.25) is 23.6 Å². The Hall–Kier alpha value is -5.18. The van der Waals surface area contributed by atoms with E-state index in [1.165, 1.54) is 31.2 Å². The number of nitrogens with two attached hydrogens (primary N) is 1. The van der Waals surface area contributed by atoms with Gasteiger partial charge in [0.25, 0.3) is 11.8 Å². The molecule has 4 atom stereocenters. The molecule has 1 aliphatic rings. The van der Waals surface area contributed by atoms with Crippen molar-refractivity contribution < 1.29 is 33.9 Å². The third-order valence-corrected chi connectivity index (χ3v) is 10.5. The van der Waals surface area contributed by atoms with Crippen molar-refractivity contribution in [2.45, 2.75) is 50.4 Å². The highest BCUT2D eigenvalue weighted by Gasteiger charge is 2.43. The minimum Gasteiger partial charge on any atom is -0.508 e. The molecule has 0 spiro atoms. The van der Waals surface area contributed by atoms with Crippen LogP contribution in [0.1, 0.15) is 44.3 Å². The Morgan fingerprint density at radius 2 is 1.02 bits per heavy atom. The van der Waals surface area contributed by atoms with Gasteiger partial charge in [-0.2, -0.15) is 0 Å². The van der Waals surface area contributed by atoms with Crippen molar-refractivity contribution in [1.82, 2.24) is 26.4 Å². The predicted molar refractivity (Wildman–Crippen MR) is 207 cm³/mol. The highest BCUT2D eigenvalue weighted by molar-refractivity contribution is 6.55. The Morgan fingerprint density at radius 1 is 0.600 bits per heavy atom. The number of halogens is 4. The lowest BCUT2D eigenvalue weighted by atomic mass is 10.0. The number of fused-ring (bicyclic) bond motifs is 1. The summed E-state index contributed by atoms with van der Waals surface area (Å²) in [6.07, 6.45) is -0.00694. The van der Waals surface area contributed by atoms with E-state index < -0.39 is 59.6 Å². The van der Waals surface area contributed by atoms with E-state index in [0.717, 1.165) is 5.56 Å². The molecule has 1 aliphatic heterocycles. The van der Waals surface area contributed by atoms with Crippen LogP contribution in [0.2, 0.25) is 20.1 Å². The van der Waals surface area contributed by atoms with Gasteiger partial charge >= 0.3 is 0 Å². The molecule has 5 rings (SSSR count). The predicted octanol–water partition coefficient (Wildman–Crippen LogP) is 4.16. The van der Waals surface area contributed by atoms with E-state index in [0.29, 0.717) is 16.1 Å². The fourth-order valence-electron chi connectivity index (χ4n) is 5.77. The number of benzene rings is 4. The van der Waals surface area contributed by atoms with Crippen molar-refractivity contribution >= 4 is 81.8 Å². The van der Waals surface area contributed by atoms with Gasteiger partial charge < -0.3 is 26.8 Å². The molecule has 0 radical (unpaired) electrons. The first-order valence-electron chi connectivity index (χ1n) is 16.7. The summed E-state index contributed by atoms with van der Waals surface area (Å²) >= 11 is 24.9. The summed E-state index contributed by atoms with van der Waals surface area (Å²) in [7, 11) is 0. The van der Waals surface area contributed by atoms with Crippen LogP contribution in [0.25, 0.3) is 0 Å². The number of rotatable bonds is 15. The Morgan fingerprint density at radius 3 is 1.51 bits per heavy atom. The van der Waals surface area contributed by atoms with Gasteiger partial charge in [-0.05, 0) is 42.2 Å². The number of nitrogens with one attached hydrogen (secondary N) is 4. The molecule has 7 N–H and O–H groups in total. The number of hydrogen-bond acceptors (Lipinski definition) is 8. The summed E-state index contributed by atoms with van der Waals surface area (Å²) < 4.78 is 0. The van der Waals surface area contributed by atoms with E-state index in [2.05, 4.69) is 21.4 Å². The van der Waals surface area contributed by atoms with Crippen LogP contribution in [0.5, 0.6) is 5.75 Å². The smallest absolute Gasteiger partial charge is 0.277 e. The molecule has 0 fully saturated rings. The molecule has 0 saturated heterocycles. The van der Waals surface area contributed by atoms with Crippen molar-refractivity contribution in [3.8, 4) is 5.75 Å². The summed E-state index contributed by atoms with van der Waals surface area (Å²) in [4.78, 5) is 80.5. The molecule has 0 bridgehead atoms. The molecule has 0 unspecified atom stereocenters. The molecule has 0 saturated carbocycles. The Labute approximate surface area is 335 Å². The summed E-state index contributed by atoms with van der Waals surface area (Å²) in [5.74, 6) is -5.03. The van der Waals surface area contributed by atoms with Crippen LogP contribution < -0.4 is 27.1 Å². The summed E-state index contributed by atoms with van der Waals surface area (Å²) in [5.41, 5.74) is 9.56. The number of hydrogen-bond donors (Lipinski definition) is 6. The zero-order valence-electron chi connectivity index (χ0n) is 28.9. The highest BCUT2D eigenvalue weighted by Crippen LogP contribution is 2.44. The Kier molecular flexibility index (Phi) is 13.4. The van der Waals surface area contributed by atoms with Gasteiger partial charge in [0.15, 0.2) is 0 Å². The number of carbonyl (C=O) groups excluding carboxylic acids is 6. The average molecular weight is 829 g/mol. The lowest BCUT2D eigenvalue weighted by molar-refractivity contribution is -0.133. The third-order valence-electron chi connectivity index (χ3n) is 8.69. The molecule has 4 aromatic carbocycles. The van der Waals surface area contributed by atoms with Crippen molar-refractivity contribution in [3.63, 3.8) is 0 Å². The number of imide groups is 1. The summed E-state index contributed by atoms with van der Waals surface area (Å²) in [6, 6.07) is 18.6. The van der Waals surface area contributed by atoms with E-state index in [1.54, 1.807) is 54.6 Å². The van der Waals surface area contributed by atoms with E-state index in [4.69, 9.17) is 52.1 Å². The molecule has 286 valence electrons. The molecular formula is C38H34Cl4N6O7. The van der Waals surface area contributed by atoms with Gasteiger partial charge in [-0.25, -0.2) is 10.4 Å². The molecule has 17 heteroatoms. The number of nitrogens with zero attached hydrogens (tertiary/aromatic N) is 1. The first kappa shape index (κ1) is 41.0. The van der Waals surface area contributed by atoms with Crippen molar-refractivity contribution in [2.75, 3.05) is 0 Å². The standard InChI is InChI=1S/C38H34Cl4N6O7/c1-19(34(51)46-25(17-21-10-6-3-7-11-21)35(52)45-24(33(43)50)16-20-8-4-2-5-9-20)44-36(53)26(18-22-12-14-23(49)15-13-22)47-48-37(54)27-28(38(48)55)30(40)32(42)31(41)29(27)39/h2-15,19,24-26,47,49H,16-18H2,1H3,(H2,43,50)(H,44,53)(H,45,52)(H,46,51)/t19-,24+,25+,26+/m1/s1. The number of aromatic hydroxyl groups is 1. The molecule has 0 aromatic heterocycles. The molecule has 13 nitrogen and oxygen atoms in total. The fraction of sp³-hybridized carbons (Fsp3) is 0.211. The molecule has 6 amide bonds. The lowest BCUT2D eigenvalue weighted by Gasteiger charge is -2.26. The van der Waals surface area contributed by atoms with Crippen LogP contribution in [0.3, 0.4) is 0 Å². The van der Waals surface area contributed by atoms with E-state index in [-0.39, 0.29) is 56.2 Å². The normalized spacial score (nSPS) is 14.4. The zero-order chi connectivity index (χ0) is 40.0. The van der Waals surface area contributed by atoms with Crippen LogP contribution in [-0.2, 0) is 38.4 Å². The van der Waals surface area contributed by atoms with Crippen LogP contribution in [0.4, 0.5) is 0 Å². The maximum absolute atomic E-state index is 13.9. The largest absolute Gasteiger partial charge is 0.508 e. The first-order chi connectivity index (χ1) is 26.2. The second kappa shape index (κ2) is 18.0. The lowest BCUT2D eigenvalue weighted by Crippen LogP contribution is -2.59. The third kappa shape index (κ3) is 9.74. The molecule has 55 heavy (non-hydrogen) atoms.